The zero-order valence-electron chi connectivity index (χ0n) is 19.8. The van der Waals surface area contributed by atoms with Crippen LogP contribution in [0.4, 0.5) is 15.3 Å². The minimum atomic E-state index is -0.685. The molecule has 9 nitrogen and oxygen atoms in total. The minimum absolute atomic E-state index is 0.155. The van der Waals surface area contributed by atoms with Crippen molar-refractivity contribution >= 4 is 46.4 Å². The molecule has 1 aliphatic rings. The van der Waals surface area contributed by atoms with Crippen LogP contribution in [0.5, 0.6) is 5.88 Å². The number of benzene rings is 3. The number of urea groups is 1. The summed E-state index contributed by atoms with van der Waals surface area (Å²) in [6, 6.07) is 23.0. The highest BCUT2D eigenvalue weighted by Crippen LogP contribution is 2.35. The number of amides is 3. The van der Waals surface area contributed by atoms with E-state index in [4.69, 9.17) is 9.73 Å². The second-order valence-corrected chi connectivity index (χ2v) is 8.13. The molecule has 9 heteroatoms. The molecule has 0 aliphatic carbocycles. The zero-order valence-corrected chi connectivity index (χ0v) is 19.8. The molecule has 0 saturated carbocycles. The number of imide groups is 1. The molecule has 37 heavy (non-hydrogen) atoms. The highest BCUT2D eigenvalue weighted by molar-refractivity contribution is 6.23. The van der Waals surface area contributed by atoms with E-state index in [1.807, 2.05) is 42.5 Å². The lowest BCUT2D eigenvalue weighted by molar-refractivity contribution is -0.115. The van der Waals surface area contributed by atoms with Crippen LogP contribution in [0.2, 0.25) is 0 Å². The van der Waals surface area contributed by atoms with Gasteiger partial charge in [0.15, 0.2) is 0 Å². The number of aliphatic imine (C=N–C) groups is 1. The number of para-hydroxylation sites is 1. The van der Waals surface area contributed by atoms with Gasteiger partial charge in [-0.15, -0.1) is 0 Å². The number of hydrogen-bond acceptors (Lipinski definition) is 6. The summed E-state index contributed by atoms with van der Waals surface area (Å²) < 4.78 is 6.32. The van der Waals surface area contributed by atoms with E-state index >= 15 is 0 Å². The summed E-state index contributed by atoms with van der Waals surface area (Å²) in [6.45, 7) is 1.86. The second-order valence-electron chi connectivity index (χ2n) is 8.13. The SMILES string of the molecule is CCOC(=O)n1c(O)c(C(=Nc2ccc(C=C3NC(=O)NC3=O)cc2)c2ccccc2)c2ccccc21. The Labute approximate surface area is 211 Å². The van der Waals surface area contributed by atoms with Gasteiger partial charge < -0.3 is 15.2 Å². The molecule has 3 amide bonds. The van der Waals surface area contributed by atoms with E-state index in [0.717, 1.165) is 10.1 Å². The van der Waals surface area contributed by atoms with Crippen LogP contribution in [0.15, 0.2) is 89.6 Å². The molecule has 184 valence electrons. The molecule has 1 aromatic heterocycles. The van der Waals surface area contributed by atoms with Crippen molar-refractivity contribution in [2.24, 2.45) is 4.99 Å². The van der Waals surface area contributed by atoms with Crippen molar-refractivity contribution in [3.63, 3.8) is 0 Å². The molecule has 4 aromatic rings. The highest BCUT2D eigenvalue weighted by Gasteiger charge is 2.26. The fraction of sp³-hybridized carbons (Fsp3) is 0.0714. The number of carbonyl (C=O) groups is 3. The van der Waals surface area contributed by atoms with E-state index in [-0.39, 0.29) is 18.2 Å². The Bertz CT molecular complexity index is 1580. The monoisotopic (exact) mass is 494 g/mol. The Balaban J connectivity index is 1.63. The van der Waals surface area contributed by atoms with E-state index in [1.165, 1.54) is 0 Å². The molecule has 1 saturated heterocycles. The maximum atomic E-state index is 12.7. The first-order valence-electron chi connectivity index (χ1n) is 11.5. The van der Waals surface area contributed by atoms with Crippen LogP contribution in [-0.2, 0) is 9.53 Å². The maximum absolute atomic E-state index is 12.7. The van der Waals surface area contributed by atoms with E-state index in [1.54, 1.807) is 49.4 Å². The van der Waals surface area contributed by atoms with Crippen LogP contribution in [0, 0.1) is 0 Å². The van der Waals surface area contributed by atoms with E-state index in [2.05, 4.69) is 10.6 Å². The van der Waals surface area contributed by atoms with Gasteiger partial charge >= 0.3 is 12.1 Å². The van der Waals surface area contributed by atoms with E-state index < -0.39 is 18.0 Å². The molecule has 0 bridgehead atoms. The number of carbonyl (C=O) groups excluding carboxylic acids is 3. The fourth-order valence-electron chi connectivity index (χ4n) is 4.12. The summed E-state index contributed by atoms with van der Waals surface area (Å²) in [5.74, 6) is -0.765. The van der Waals surface area contributed by atoms with Gasteiger partial charge in [0.05, 0.1) is 29.1 Å². The van der Waals surface area contributed by atoms with Crippen molar-refractivity contribution in [1.29, 1.82) is 0 Å². The van der Waals surface area contributed by atoms with Gasteiger partial charge in [0.25, 0.3) is 5.91 Å². The van der Waals surface area contributed by atoms with Crippen molar-refractivity contribution < 1.29 is 24.2 Å². The third kappa shape index (κ3) is 4.57. The van der Waals surface area contributed by atoms with Crippen molar-refractivity contribution in [3.8, 4) is 5.88 Å². The predicted octanol–water partition coefficient (Wildman–Crippen LogP) is 4.70. The Kier molecular flexibility index (Phi) is 6.25. The van der Waals surface area contributed by atoms with Crippen molar-refractivity contribution in [2.75, 3.05) is 6.61 Å². The van der Waals surface area contributed by atoms with Gasteiger partial charge in [0.1, 0.15) is 5.70 Å². The van der Waals surface area contributed by atoms with Crippen LogP contribution >= 0.6 is 0 Å². The standard InChI is InChI=1S/C28H22N4O5/c1-2-37-28(36)32-22-11-7-6-10-20(22)23(26(32)34)24(18-8-4-3-5-9-18)29-19-14-12-17(13-15-19)16-21-25(33)31-27(35)30-21/h3-16,34H,2H2,1H3,(H2,30,31,33,35). The molecular weight excluding hydrogens is 472 g/mol. The van der Waals surface area contributed by atoms with E-state index in [9.17, 15) is 19.5 Å². The Morgan fingerprint density at radius 2 is 1.68 bits per heavy atom. The lowest BCUT2D eigenvalue weighted by atomic mass is 10.0. The summed E-state index contributed by atoms with van der Waals surface area (Å²) >= 11 is 0. The lowest BCUT2D eigenvalue weighted by Gasteiger charge is -2.09. The van der Waals surface area contributed by atoms with Crippen LogP contribution in [-0.4, -0.2) is 40.0 Å². The van der Waals surface area contributed by atoms with Gasteiger partial charge in [-0.25, -0.2) is 19.1 Å². The Hall–Kier alpha value is -5.18. The van der Waals surface area contributed by atoms with Crippen LogP contribution in [0.1, 0.15) is 23.6 Å². The van der Waals surface area contributed by atoms with E-state index in [0.29, 0.717) is 33.4 Å². The summed E-state index contributed by atoms with van der Waals surface area (Å²) in [7, 11) is 0. The highest BCUT2D eigenvalue weighted by atomic mass is 16.5. The average molecular weight is 495 g/mol. The first-order chi connectivity index (χ1) is 18.0. The van der Waals surface area contributed by atoms with Crippen LogP contribution in [0.3, 0.4) is 0 Å². The number of ether oxygens (including phenoxy) is 1. The molecule has 0 atom stereocenters. The number of hydrogen-bond donors (Lipinski definition) is 3. The zero-order chi connectivity index (χ0) is 25.9. The first kappa shape index (κ1) is 23.6. The van der Waals surface area contributed by atoms with Gasteiger partial charge in [-0.2, -0.15) is 0 Å². The number of fused-ring (bicyclic) bond motifs is 1. The molecule has 0 unspecified atom stereocenters. The van der Waals surface area contributed by atoms with Gasteiger partial charge in [-0.05, 0) is 36.8 Å². The first-order valence-corrected chi connectivity index (χ1v) is 11.5. The topological polar surface area (TPSA) is 122 Å². The summed E-state index contributed by atoms with van der Waals surface area (Å²) in [6.07, 6.45) is 0.875. The normalized spacial score (nSPS) is 14.6. The number of rotatable bonds is 5. The molecule has 3 aromatic carbocycles. The van der Waals surface area contributed by atoms with Crippen LogP contribution in [0.25, 0.3) is 17.0 Å². The largest absolute Gasteiger partial charge is 0.494 e. The third-order valence-electron chi connectivity index (χ3n) is 5.75. The molecule has 1 fully saturated rings. The summed E-state index contributed by atoms with van der Waals surface area (Å²) in [5.41, 5.74) is 3.51. The smallest absolute Gasteiger partial charge is 0.421 e. The predicted molar refractivity (Wildman–Crippen MR) is 139 cm³/mol. The van der Waals surface area contributed by atoms with Gasteiger partial charge in [0.2, 0.25) is 5.88 Å². The second kappa shape index (κ2) is 9.82. The Morgan fingerprint density at radius 1 is 0.973 bits per heavy atom. The molecule has 2 heterocycles. The van der Waals surface area contributed by atoms with Crippen molar-refractivity contribution in [2.45, 2.75) is 6.92 Å². The molecule has 5 rings (SSSR count). The molecular formula is C28H22N4O5. The van der Waals surface area contributed by atoms with Crippen molar-refractivity contribution in [3.05, 3.63) is 101 Å². The molecule has 0 spiro atoms. The molecule has 3 N–H and O–H groups in total. The lowest BCUT2D eigenvalue weighted by Crippen LogP contribution is -2.22. The average Bonchev–Trinajstić information content (AvgIpc) is 3.38. The summed E-state index contributed by atoms with van der Waals surface area (Å²) in [4.78, 5) is 40.7. The Morgan fingerprint density at radius 3 is 2.35 bits per heavy atom. The maximum Gasteiger partial charge on any atom is 0.421 e. The third-order valence-corrected chi connectivity index (χ3v) is 5.75. The van der Waals surface area contributed by atoms with Crippen LogP contribution < -0.4 is 10.6 Å². The molecule has 1 aliphatic heterocycles. The minimum Gasteiger partial charge on any atom is -0.494 e. The van der Waals surface area contributed by atoms with Gasteiger partial charge in [-0.3, -0.25) is 10.1 Å². The number of aromatic hydroxyl groups is 1. The van der Waals surface area contributed by atoms with Crippen molar-refractivity contribution in [1.82, 2.24) is 15.2 Å². The number of aromatic nitrogens is 1. The van der Waals surface area contributed by atoms with Gasteiger partial charge in [-0.1, -0.05) is 60.7 Å². The number of nitrogens with zero attached hydrogens (tertiary/aromatic N) is 2. The number of nitrogens with one attached hydrogen (secondary N) is 2. The quantitative estimate of drug-likeness (QED) is 0.211. The van der Waals surface area contributed by atoms with Gasteiger partial charge in [0, 0.05) is 10.9 Å². The molecule has 0 radical (unpaired) electrons. The summed E-state index contributed by atoms with van der Waals surface area (Å²) in [5, 5.41) is 16.5. The fourth-order valence-corrected chi connectivity index (χ4v) is 4.12.